The molecule has 1 aromatic heterocycles. The number of rotatable bonds is 2. The van der Waals surface area contributed by atoms with Crippen molar-refractivity contribution in [3.05, 3.63) is 38.3 Å². The molecule has 18 heavy (non-hydrogen) atoms. The number of thiazole rings is 1. The molecule has 0 amide bonds. The molecule has 0 N–H and O–H groups in total. The minimum absolute atomic E-state index is 0.109. The SMILES string of the molecule is COC(=O)c1sc(-c2cc(Cl)cc(Cl)c2)nc1Cl. The van der Waals surface area contributed by atoms with E-state index in [1.807, 2.05) is 0 Å². The van der Waals surface area contributed by atoms with E-state index < -0.39 is 5.97 Å². The summed E-state index contributed by atoms with van der Waals surface area (Å²) >= 11 is 18.8. The maximum absolute atomic E-state index is 11.4. The molecule has 0 atom stereocenters. The van der Waals surface area contributed by atoms with Crippen LogP contribution in [-0.4, -0.2) is 18.1 Å². The average molecular weight is 323 g/mol. The van der Waals surface area contributed by atoms with Crippen molar-refractivity contribution in [3.63, 3.8) is 0 Å². The summed E-state index contributed by atoms with van der Waals surface area (Å²) in [5, 5.41) is 1.65. The van der Waals surface area contributed by atoms with Crippen molar-refractivity contribution in [1.82, 2.24) is 4.98 Å². The van der Waals surface area contributed by atoms with Crippen LogP contribution in [0.25, 0.3) is 10.6 Å². The van der Waals surface area contributed by atoms with Crippen LogP contribution in [0.4, 0.5) is 0 Å². The summed E-state index contributed by atoms with van der Waals surface area (Å²) in [6.45, 7) is 0. The Morgan fingerprint density at radius 3 is 2.39 bits per heavy atom. The number of halogens is 3. The topological polar surface area (TPSA) is 39.2 Å². The van der Waals surface area contributed by atoms with Crippen LogP contribution in [0.15, 0.2) is 18.2 Å². The highest BCUT2D eigenvalue weighted by molar-refractivity contribution is 7.17. The molecule has 1 heterocycles. The molecule has 0 saturated carbocycles. The zero-order valence-electron chi connectivity index (χ0n) is 9.04. The number of nitrogens with zero attached hydrogens (tertiary/aromatic N) is 1. The fraction of sp³-hybridized carbons (Fsp3) is 0.0909. The van der Waals surface area contributed by atoms with Crippen LogP contribution < -0.4 is 0 Å². The lowest BCUT2D eigenvalue weighted by Crippen LogP contribution is -1.98. The first-order chi connectivity index (χ1) is 8.51. The van der Waals surface area contributed by atoms with E-state index >= 15 is 0 Å². The smallest absolute Gasteiger partial charge is 0.351 e. The summed E-state index contributed by atoms with van der Waals surface area (Å²) in [4.78, 5) is 15.8. The van der Waals surface area contributed by atoms with Gasteiger partial charge in [0.1, 0.15) is 5.01 Å². The lowest BCUT2D eigenvalue weighted by atomic mass is 10.2. The Balaban J connectivity index is 2.48. The van der Waals surface area contributed by atoms with Crippen LogP contribution in [0.2, 0.25) is 15.2 Å². The van der Waals surface area contributed by atoms with Crippen molar-refractivity contribution in [3.8, 4) is 10.6 Å². The van der Waals surface area contributed by atoms with E-state index in [9.17, 15) is 4.79 Å². The summed E-state index contributed by atoms with van der Waals surface area (Å²) < 4.78 is 4.61. The molecule has 94 valence electrons. The number of carbonyl (C=O) groups excluding carboxylic acids is 1. The highest BCUT2D eigenvalue weighted by Gasteiger charge is 2.18. The van der Waals surface area contributed by atoms with Crippen molar-refractivity contribution in [2.75, 3.05) is 7.11 Å². The maximum atomic E-state index is 11.4. The fourth-order valence-electron chi connectivity index (χ4n) is 1.32. The van der Waals surface area contributed by atoms with E-state index in [4.69, 9.17) is 34.8 Å². The van der Waals surface area contributed by atoms with Gasteiger partial charge in [0.05, 0.1) is 7.11 Å². The number of hydrogen-bond donors (Lipinski definition) is 0. The van der Waals surface area contributed by atoms with E-state index in [0.29, 0.717) is 20.6 Å². The van der Waals surface area contributed by atoms with Crippen molar-refractivity contribution >= 4 is 52.1 Å². The Hall–Kier alpha value is -0.810. The van der Waals surface area contributed by atoms with Crippen LogP contribution in [0.3, 0.4) is 0 Å². The quantitative estimate of drug-likeness (QED) is 0.761. The molecule has 0 bridgehead atoms. The van der Waals surface area contributed by atoms with Gasteiger partial charge in [-0.25, -0.2) is 9.78 Å². The van der Waals surface area contributed by atoms with Gasteiger partial charge in [-0.1, -0.05) is 34.8 Å². The van der Waals surface area contributed by atoms with Gasteiger partial charge < -0.3 is 4.74 Å². The second-order valence-electron chi connectivity index (χ2n) is 3.29. The lowest BCUT2D eigenvalue weighted by molar-refractivity contribution is 0.0606. The number of hydrogen-bond acceptors (Lipinski definition) is 4. The van der Waals surface area contributed by atoms with Crippen molar-refractivity contribution in [2.24, 2.45) is 0 Å². The second-order valence-corrected chi connectivity index (χ2v) is 5.52. The fourth-order valence-corrected chi connectivity index (χ4v) is 3.04. The number of carbonyl (C=O) groups is 1. The van der Waals surface area contributed by atoms with Gasteiger partial charge in [-0.3, -0.25) is 0 Å². The first-order valence-electron chi connectivity index (χ1n) is 4.72. The largest absolute Gasteiger partial charge is 0.465 e. The van der Waals surface area contributed by atoms with E-state index in [1.54, 1.807) is 18.2 Å². The standard InChI is InChI=1S/C11H6Cl3NO2S/c1-17-11(16)8-9(14)15-10(18-8)5-2-6(12)4-7(13)3-5/h2-4H,1H3. The first-order valence-corrected chi connectivity index (χ1v) is 6.67. The minimum atomic E-state index is -0.517. The van der Waals surface area contributed by atoms with E-state index in [1.165, 1.54) is 7.11 Å². The monoisotopic (exact) mass is 321 g/mol. The third-order valence-electron chi connectivity index (χ3n) is 2.07. The maximum Gasteiger partial charge on any atom is 0.351 e. The van der Waals surface area contributed by atoms with Crippen LogP contribution >= 0.6 is 46.1 Å². The number of benzene rings is 1. The minimum Gasteiger partial charge on any atom is -0.465 e. The van der Waals surface area contributed by atoms with E-state index in [2.05, 4.69) is 9.72 Å². The average Bonchev–Trinajstić information content (AvgIpc) is 2.69. The summed E-state index contributed by atoms with van der Waals surface area (Å²) in [5.74, 6) is -0.517. The Bertz CT molecular complexity index is 592. The van der Waals surface area contributed by atoms with Crippen LogP contribution in [0, 0.1) is 0 Å². The summed E-state index contributed by atoms with van der Waals surface area (Å²) in [5.41, 5.74) is 0.703. The van der Waals surface area contributed by atoms with Crippen molar-refractivity contribution in [2.45, 2.75) is 0 Å². The predicted octanol–water partition coefficient (Wildman–Crippen LogP) is 4.56. The van der Waals surface area contributed by atoms with Crippen LogP contribution in [0.1, 0.15) is 9.67 Å². The van der Waals surface area contributed by atoms with Gasteiger partial charge in [0.25, 0.3) is 0 Å². The van der Waals surface area contributed by atoms with Crippen molar-refractivity contribution < 1.29 is 9.53 Å². The van der Waals surface area contributed by atoms with Gasteiger partial charge in [0.2, 0.25) is 0 Å². The summed E-state index contributed by atoms with van der Waals surface area (Å²) in [7, 11) is 1.29. The van der Waals surface area contributed by atoms with Gasteiger partial charge in [-0.2, -0.15) is 0 Å². The van der Waals surface area contributed by atoms with Crippen molar-refractivity contribution in [1.29, 1.82) is 0 Å². The highest BCUT2D eigenvalue weighted by Crippen LogP contribution is 2.34. The molecule has 0 aliphatic carbocycles. The normalized spacial score (nSPS) is 10.4. The number of aromatic nitrogens is 1. The van der Waals surface area contributed by atoms with Gasteiger partial charge >= 0.3 is 5.97 Å². The van der Waals surface area contributed by atoms with Gasteiger partial charge in [0.15, 0.2) is 10.0 Å². The molecule has 0 fully saturated rings. The number of methoxy groups -OCH3 is 1. The van der Waals surface area contributed by atoms with Gasteiger partial charge in [0, 0.05) is 15.6 Å². The third-order valence-corrected chi connectivity index (χ3v) is 3.97. The number of ether oxygens (including phenoxy) is 1. The lowest BCUT2D eigenvalue weighted by Gasteiger charge is -1.98. The molecule has 0 unspecified atom stereocenters. The molecule has 2 rings (SSSR count). The second kappa shape index (κ2) is 5.45. The molecule has 0 radical (unpaired) electrons. The molecule has 0 spiro atoms. The molecule has 0 saturated heterocycles. The molecule has 0 aliphatic rings. The summed E-state index contributed by atoms with van der Waals surface area (Å²) in [6, 6.07) is 5.01. The molecule has 2 aromatic rings. The van der Waals surface area contributed by atoms with E-state index in [-0.39, 0.29) is 10.0 Å². The first kappa shape index (κ1) is 13.6. The zero-order chi connectivity index (χ0) is 13.3. The van der Waals surface area contributed by atoms with E-state index in [0.717, 1.165) is 11.3 Å². The molecular formula is C11H6Cl3NO2S. The Labute approximate surface area is 122 Å². The Morgan fingerprint density at radius 1 is 1.22 bits per heavy atom. The Kier molecular flexibility index (Phi) is 4.12. The van der Waals surface area contributed by atoms with Gasteiger partial charge in [-0.15, -0.1) is 11.3 Å². The Morgan fingerprint density at radius 2 is 1.83 bits per heavy atom. The number of esters is 1. The zero-order valence-corrected chi connectivity index (χ0v) is 12.1. The molecule has 3 nitrogen and oxygen atoms in total. The molecule has 7 heteroatoms. The predicted molar refractivity (Wildman–Crippen MR) is 73.9 cm³/mol. The summed E-state index contributed by atoms with van der Waals surface area (Å²) in [6.07, 6.45) is 0. The van der Waals surface area contributed by atoms with Gasteiger partial charge in [-0.05, 0) is 18.2 Å². The molecular weight excluding hydrogens is 317 g/mol. The molecule has 1 aromatic carbocycles. The third kappa shape index (κ3) is 2.78. The highest BCUT2D eigenvalue weighted by atomic mass is 35.5. The van der Waals surface area contributed by atoms with Crippen LogP contribution in [-0.2, 0) is 4.74 Å². The van der Waals surface area contributed by atoms with Crippen LogP contribution in [0.5, 0.6) is 0 Å². The molecule has 0 aliphatic heterocycles.